The lowest BCUT2D eigenvalue weighted by molar-refractivity contribution is -0.0591. The minimum atomic E-state index is 0.0125. The van der Waals surface area contributed by atoms with Gasteiger partial charge in [-0.25, -0.2) is 0 Å². The normalized spacial score (nSPS) is 26.3. The molecule has 0 bridgehead atoms. The number of rotatable bonds is 6. The fourth-order valence-electron chi connectivity index (χ4n) is 2.62. The lowest BCUT2D eigenvalue weighted by atomic mass is 10.1. The fraction of sp³-hybridized carbons (Fsp3) is 1.00. The highest BCUT2D eigenvalue weighted by Crippen LogP contribution is 2.16. The van der Waals surface area contributed by atoms with Crippen LogP contribution in [0.5, 0.6) is 0 Å². The van der Waals surface area contributed by atoms with Gasteiger partial charge < -0.3 is 14.2 Å². The molecule has 2 fully saturated rings. The Morgan fingerprint density at radius 3 is 2.44 bits per heavy atom. The van der Waals surface area contributed by atoms with E-state index >= 15 is 0 Å². The number of ether oxygens (including phenoxy) is 3. The Balaban J connectivity index is 1.72. The van der Waals surface area contributed by atoms with Crippen LogP contribution in [-0.2, 0) is 14.2 Å². The molecule has 0 spiro atoms. The van der Waals surface area contributed by atoms with E-state index in [9.17, 15) is 0 Å². The molecule has 0 aromatic carbocycles. The average Bonchev–Trinajstić information content (AvgIpc) is 2.88. The monoisotopic (exact) mass is 257 g/mol. The summed E-state index contributed by atoms with van der Waals surface area (Å²) in [6.45, 7) is 9.01. The summed E-state index contributed by atoms with van der Waals surface area (Å²) in [5.41, 5.74) is 0. The maximum Gasteiger partial charge on any atom is 0.159 e. The van der Waals surface area contributed by atoms with Crippen LogP contribution < -0.4 is 0 Å². The van der Waals surface area contributed by atoms with Crippen molar-refractivity contribution in [2.24, 2.45) is 0 Å². The molecule has 2 aliphatic heterocycles. The van der Waals surface area contributed by atoms with E-state index < -0.39 is 0 Å². The molecule has 2 heterocycles. The van der Waals surface area contributed by atoms with Gasteiger partial charge in [0, 0.05) is 32.2 Å². The molecule has 2 aliphatic rings. The Kier molecular flexibility index (Phi) is 5.89. The van der Waals surface area contributed by atoms with E-state index in [4.69, 9.17) is 14.2 Å². The molecule has 1 atom stereocenters. The molecule has 0 radical (unpaired) electrons. The minimum Gasteiger partial charge on any atom is -0.377 e. The van der Waals surface area contributed by atoms with E-state index in [2.05, 4.69) is 18.7 Å². The van der Waals surface area contributed by atoms with Crippen molar-refractivity contribution >= 4 is 0 Å². The highest BCUT2D eigenvalue weighted by atomic mass is 16.7. The van der Waals surface area contributed by atoms with Crippen LogP contribution in [0.3, 0.4) is 0 Å². The van der Waals surface area contributed by atoms with Gasteiger partial charge in [0.2, 0.25) is 0 Å². The zero-order valence-electron chi connectivity index (χ0n) is 11.8. The van der Waals surface area contributed by atoms with Crippen molar-refractivity contribution in [1.29, 1.82) is 0 Å². The molecule has 0 unspecified atom stereocenters. The van der Waals surface area contributed by atoms with Gasteiger partial charge in [-0.05, 0) is 33.1 Å². The van der Waals surface area contributed by atoms with Crippen molar-refractivity contribution < 1.29 is 14.2 Å². The van der Waals surface area contributed by atoms with E-state index in [1.165, 1.54) is 19.3 Å². The molecular weight excluding hydrogens is 230 g/mol. The number of hydrogen-bond donors (Lipinski definition) is 0. The Hall–Kier alpha value is -0.160. The van der Waals surface area contributed by atoms with Gasteiger partial charge in [0.15, 0.2) is 6.29 Å². The van der Waals surface area contributed by atoms with Gasteiger partial charge >= 0.3 is 0 Å². The largest absolute Gasteiger partial charge is 0.377 e. The Bertz CT molecular complexity index is 223. The second kappa shape index (κ2) is 7.43. The molecule has 2 saturated heterocycles. The molecule has 0 aliphatic carbocycles. The van der Waals surface area contributed by atoms with Crippen LogP contribution in [0.15, 0.2) is 0 Å². The zero-order chi connectivity index (χ0) is 12.8. The highest BCUT2D eigenvalue weighted by Gasteiger charge is 2.22. The first kappa shape index (κ1) is 14.3. The van der Waals surface area contributed by atoms with Crippen molar-refractivity contribution in [1.82, 2.24) is 4.90 Å². The molecule has 4 nitrogen and oxygen atoms in total. The van der Waals surface area contributed by atoms with Gasteiger partial charge in [-0.15, -0.1) is 0 Å². The topological polar surface area (TPSA) is 30.9 Å². The molecule has 0 aromatic rings. The van der Waals surface area contributed by atoms with Crippen molar-refractivity contribution in [3.8, 4) is 0 Å². The maximum atomic E-state index is 5.83. The van der Waals surface area contributed by atoms with Gasteiger partial charge in [0.1, 0.15) is 0 Å². The quantitative estimate of drug-likeness (QED) is 0.728. The van der Waals surface area contributed by atoms with Crippen LogP contribution in [0.4, 0.5) is 0 Å². The van der Waals surface area contributed by atoms with Gasteiger partial charge in [0.25, 0.3) is 0 Å². The van der Waals surface area contributed by atoms with Gasteiger partial charge in [-0.1, -0.05) is 0 Å². The first-order chi connectivity index (χ1) is 8.75. The lowest BCUT2D eigenvalue weighted by Crippen LogP contribution is -2.41. The van der Waals surface area contributed by atoms with Crippen LogP contribution in [0.2, 0.25) is 0 Å². The first-order valence-electron chi connectivity index (χ1n) is 7.34. The fourth-order valence-corrected chi connectivity index (χ4v) is 2.62. The van der Waals surface area contributed by atoms with Gasteiger partial charge in [-0.3, -0.25) is 4.90 Å². The van der Waals surface area contributed by atoms with Crippen molar-refractivity contribution in [2.75, 3.05) is 32.9 Å². The van der Waals surface area contributed by atoms with E-state index in [-0.39, 0.29) is 6.29 Å². The van der Waals surface area contributed by atoms with Gasteiger partial charge in [0.05, 0.1) is 19.3 Å². The molecule has 4 heteroatoms. The predicted molar refractivity (Wildman–Crippen MR) is 70.6 cm³/mol. The molecular formula is C14H27NO3. The van der Waals surface area contributed by atoms with E-state index in [1.54, 1.807) is 0 Å². The third-order valence-corrected chi connectivity index (χ3v) is 3.79. The average molecular weight is 257 g/mol. The van der Waals surface area contributed by atoms with Crippen LogP contribution in [-0.4, -0.2) is 56.2 Å². The number of nitrogens with zero attached hydrogens (tertiary/aromatic N) is 1. The third-order valence-electron chi connectivity index (χ3n) is 3.79. The van der Waals surface area contributed by atoms with E-state index in [1.807, 2.05) is 0 Å². The molecule has 18 heavy (non-hydrogen) atoms. The van der Waals surface area contributed by atoms with Crippen molar-refractivity contribution in [2.45, 2.75) is 58.0 Å². The van der Waals surface area contributed by atoms with E-state index in [0.29, 0.717) is 12.1 Å². The minimum absolute atomic E-state index is 0.0125. The second-order valence-electron chi connectivity index (χ2n) is 5.54. The predicted octanol–water partition coefficient (Wildman–Crippen LogP) is 2.03. The van der Waals surface area contributed by atoms with Crippen LogP contribution in [0.1, 0.15) is 39.5 Å². The van der Waals surface area contributed by atoms with Crippen molar-refractivity contribution in [3.63, 3.8) is 0 Å². The first-order valence-corrected chi connectivity index (χ1v) is 7.34. The third kappa shape index (κ3) is 4.50. The summed E-state index contributed by atoms with van der Waals surface area (Å²) >= 11 is 0. The summed E-state index contributed by atoms with van der Waals surface area (Å²) in [7, 11) is 0. The Morgan fingerprint density at radius 1 is 1.06 bits per heavy atom. The summed E-state index contributed by atoms with van der Waals surface area (Å²) in [4.78, 5) is 2.49. The summed E-state index contributed by atoms with van der Waals surface area (Å²) in [6, 6.07) is 0.553. The van der Waals surface area contributed by atoms with Crippen molar-refractivity contribution in [3.05, 3.63) is 0 Å². The second-order valence-corrected chi connectivity index (χ2v) is 5.54. The highest BCUT2D eigenvalue weighted by molar-refractivity contribution is 4.72. The lowest BCUT2D eigenvalue weighted by Gasteiger charge is -2.32. The summed E-state index contributed by atoms with van der Waals surface area (Å²) in [6.07, 6.45) is 5.14. The zero-order valence-corrected chi connectivity index (χ0v) is 11.8. The molecule has 0 amide bonds. The van der Waals surface area contributed by atoms with Crippen LogP contribution >= 0.6 is 0 Å². The molecule has 2 rings (SSSR count). The van der Waals surface area contributed by atoms with Crippen LogP contribution in [0, 0.1) is 0 Å². The van der Waals surface area contributed by atoms with Crippen LogP contribution in [0.25, 0.3) is 0 Å². The summed E-state index contributed by atoms with van der Waals surface area (Å²) in [5, 5.41) is 0. The standard InChI is InChI=1S/C14H27NO3/c1-12(2)15(7-6-14-17-9-10-18-14)11-13-5-3-4-8-16-13/h12-14H,3-11H2,1-2H3/t13-/m1/s1. The Morgan fingerprint density at radius 2 is 1.83 bits per heavy atom. The van der Waals surface area contributed by atoms with E-state index in [0.717, 1.165) is 39.3 Å². The number of hydrogen-bond acceptors (Lipinski definition) is 4. The van der Waals surface area contributed by atoms with Gasteiger partial charge in [-0.2, -0.15) is 0 Å². The molecule has 0 saturated carbocycles. The summed E-state index contributed by atoms with van der Waals surface area (Å²) < 4.78 is 16.8. The molecule has 0 aromatic heterocycles. The molecule has 0 N–H and O–H groups in total. The smallest absolute Gasteiger partial charge is 0.159 e. The summed E-state index contributed by atoms with van der Waals surface area (Å²) in [5.74, 6) is 0. The Labute approximate surface area is 111 Å². The molecule has 106 valence electrons. The maximum absolute atomic E-state index is 5.83. The SMILES string of the molecule is CC(C)N(CCC1OCCO1)C[C@H]1CCCCO1.